The first-order chi connectivity index (χ1) is 15.1. The Labute approximate surface area is 179 Å². The molecule has 0 N–H and O–H groups in total. The van der Waals surface area contributed by atoms with E-state index in [0.717, 1.165) is 0 Å². The molecule has 9 nitrogen and oxygen atoms in total. The summed E-state index contributed by atoms with van der Waals surface area (Å²) in [7, 11) is 3.09. The number of pyridine rings is 1. The Morgan fingerprint density at radius 1 is 0.871 bits per heavy atom. The number of benzene rings is 1. The minimum Gasteiger partial charge on any atom is -0.497 e. The minimum atomic E-state index is -0.116. The van der Waals surface area contributed by atoms with Crippen LogP contribution in [-0.2, 0) is 0 Å². The molecule has 9 heteroatoms. The van der Waals surface area contributed by atoms with Crippen LogP contribution in [-0.4, -0.2) is 76.8 Å². The second-order valence-corrected chi connectivity index (χ2v) is 7.04. The lowest BCUT2D eigenvalue weighted by Gasteiger charge is -2.35. The molecule has 0 saturated carbocycles. The van der Waals surface area contributed by atoms with E-state index < -0.39 is 0 Å². The fourth-order valence-corrected chi connectivity index (χ4v) is 3.46. The topological polar surface area (TPSA) is 89.8 Å². The number of carbonyl (C=O) groups is 2. The molecule has 0 spiro atoms. The number of rotatable bonds is 5. The highest BCUT2D eigenvalue weighted by molar-refractivity contribution is 5.96. The summed E-state index contributed by atoms with van der Waals surface area (Å²) in [6.07, 6.45) is 5.01. The van der Waals surface area contributed by atoms with Gasteiger partial charge in [0.1, 0.15) is 11.5 Å². The number of ether oxygens (including phenoxy) is 2. The highest BCUT2D eigenvalue weighted by Gasteiger charge is 2.26. The van der Waals surface area contributed by atoms with Gasteiger partial charge in [-0.2, -0.15) is 5.10 Å². The fourth-order valence-electron chi connectivity index (χ4n) is 3.46. The van der Waals surface area contributed by atoms with Crippen molar-refractivity contribution in [3.8, 4) is 17.3 Å². The Bertz CT molecular complexity index is 1040. The molecule has 31 heavy (non-hydrogen) atoms. The maximum absolute atomic E-state index is 12.9. The summed E-state index contributed by atoms with van der Waals surface area (Å²) in [5.41, 5.74) is 1.00. The summed E-state index contributed by atoms with van der Waals surface area (Å²) < 4.78 is 12.1. The van der Waals surface area contributed by atoms with Crippen LogP contribution in [0.3, 0.4) is 0 Å². The van der Waals surface area contributed by atoms with Gasteiger partial charge in [0, 0.05) is 56.4 Å². The van der Waals surface area contributed by atoms with E-state index in [4.69, 9.17) is 9.47 Å². The van der Waals surface area contributed by atoms with E-state index in [-0.39, 0.29) is 11.8 Å². The Kier molecular flexibility index (Phi) is 5.83. The molecular formula is C22H23N5O4. The Balaban J connectivity index is 1.39. The van der Waals surface area contributed by atoms with Gasteiger partial charge in [-0.05, 0) is 30.3 Å². The summed E-state index contributed by atoms with van der Waals surface area (Å²) in [4.78, 5) is 33.6. The first kappa shape index (κ1) is 20.4. The molecule has 4 rings (SSSR count). The number of methoxy groups -OCH3 is 2. The Morgan fingerprint density at radius 2 is 1.48 bits per heavy atom. The number of carbonyl (C=O) groups excluding carboxylic acids is 2. The Morgan fingerprint density at radius 3 is 1.97 bits per heavy atom. The van der Waals surface area contributed by atoms with Crippen molar-refractivity contribution in [3.63, 3.8) is 0 Å². The van der Waals surface area contributed by atoms with Crippen LogP contribution in [0, 0.1) is 0 Å². The minimum absolute atomic E-state index is 0.102. The lowest BCUT2D eigenvalue weighted by Crippen LogP contribution is -2.50. The number of aromatic nitrogens is 3. The van der Waals surface area contributed by atoms with Gasteiger partial charge in [-0.3, -0.25) is 9.59 Å². The third-order valence-corrected chi connectivity index (χ3v) is 5.19. The van der Waals surface area contributed by atoms with Gasteiger partial charge in [0.05, 0.1) is 19.8 Å². The fraction of sp³-hybridized carbons (Fsp3) is 0.273. The molecule has 2 amide bonds. The van der Waals surface area contributed by atoms with E-state index in [9.17, 15) is 9.59 Å². The number of nitrogens with zero attached hydrogens (tertiary/aromatic N) is 5. The maximum Gasteiger partial charge on any atom is 0.255 e. The molecule has 3 heterocycles. The van der Waals surface area contributed by atoms with Crippen molar-refractivity contribution in [2.75, 3.05) is 40.4 Å². The number of amides is 2. The average Bonchev–Trinajstić information content (AvgIpc) is 3.38. The van der Waals surface area contributed by atoms with E-state index in [0.29, 0.717) is 54.6 Å². The molecule has 0 bridgehead atoms. The number of piperazine rings is 1. The molecule has 1 fully saturated rings. The van der Waals surface area contributed by atoms with Gasteiger partial charge in [0.25, 0.3) is 11.8 Å². The van der Waals surface area contributed by atoms with Gasteiger partial charge in [0.2, 0.25) is 0 Å². The first-order valence-corrected chi connectivity index (χ1v) is 9.87. The monoisotopic (exact) mass is 421 g/mol. The first-order valence-electron chi connectivity index (χ1n) is 9.87. The van der Waals surface area contributed by atoms with Crippen LogP contribution in [0.5, 0.6) is 11.5 Å². The normalized spacial score (nSPS) is 13.7. The van der Waals surface area contributed by atoms with E-state index in [1.54, 1.807) is 77.6 Å². The van der Waals surface area contributed by atoms with E-state index in [1.165, 1.54) is 0 Å². The predicted molar refractivity (Wildman–Crippen MR) is 113 cm³/mol. The SMILES string of the molecule is COc1cc(OC)cc(C(=O)N2CCN(C(=O)c3ccc(-n4cccn4)nc3)CC2)c1. The molecular weight excluding hydrogens is 398 g/mol. The predicted octanol–water partition coefficient (Wildman–Crippen LogP) is 1.88. The van der Waals surface area contributed by atoms with Crippen LogP contribution < -0.4 is 9.47 Å². The lowest BCUT2D eigenvalue weighted by atomic mass is 10.1. The third kappa shape index (κ3) is 4.35. The molecule has 0 radical (unpaired) electrons. The van der Waals surface area contributed by atoms with Gasteiger partial charge in [-0.1, -0.05) is 0 Å². The smallest absolute Gasteiger partial charge is 0.255 e. The van der Waals surface area contributed by atoms with Crippen LogP contribution in [0.2, 0.25) is 0 Å². The van der Waals surface area contributed by atoms with Crippen LogP contribution in [0.1, 0.15) is 20.7 Å². The molecule has 3 aromatic rings. The quantitative estimate of drug-likeness (QED) is 0.625. The van der Waals surface area contributed by atoms with Crippen LogP contribution in [0.15, 0.2) is 55.0 Å². The second kappa shape index (κ2) is 8.86. The molecule has 1 aromatic carbocycles. The molecule has 0 unspecified atom stereocenters. The molecule has 0 aliphatic carbocycles. The van der Waals surface area contributed by atoms with E-state index >= 15 is 0 Å². The molecule has 1 aliphatic rings. The third-order valence-electron chi connectivity index (χ3n) is 5.19. The van der Waals surface area contributed by atoms with Crippen molar-refractivity contribution in [2.45, 2.75) is 0 Å². The van der Waals surface area contributed by atoms with E-state index in [2.05, 4.69) is 10.1 Å². The molecule has 1 saturated heterocycles. The molecule has 2 aromatic heterocycles. The van der Waals surface area contributed by atoms with Crippen molar-refractivity contribution in [1.82, 2.24) is 24.6 Å². The summed E-state index contributed by atoms with van der Waals surface area (Å²) in [5.74, 6) is 1.54. The van der Waals surface area contributed by atoms with Crippen molar-refractivity contribution in [3.05, 3.63) is 66.1 Å². The zero-order valence-electron chi connectivity index (χ0n) is 17.4. The lowest BCUT2D eigenvalue weighted by molar-refractivity contribution is 0.0535. The van der Waals surface area contributed by atoms with Gasteiger partial charge >= 0.3 is 0 Å². The summed E-state index contributed by atoms with van der Waals surface area (Å²) >= 11 is 0. The van der Waals surface area contributed by atoms with Crippen LogP contribution >= 0.6 is 0 Å². The molecule has 0 atom stereocenters. The van der Waals surface area contributed by atoms with Crippen molar-refractivity contribution >= 4 is 11.8 Å². The zero-order chi connectivity index (χ0) is 21.8. The largest absolute Gasteiger partial charge is 0.497 e. The standard InChI is InChI=1S/C22H23N5O4/c1-30-18-12-17(13-19(14-18)31-2)22(29)26-10-8-25(9-11-26)21(28)16-4-5-20(23-15-16)27-7-3-6-24-27/h3-7,12-15H,8-11H2,1-2H3. The number of hydrogen-bond acceptors (Lipinski definition) is 6. The highest BCUT2D eigenvalue weighted by Crippen LogP contribution is 2.24. The van der Waals surface area contributed by atoms with Gasteiger partial charge in [-0.25, -0.2) is 9.67 Å². The van der Waals surface area contributed by atoms with Crippen molar-refractivity contribution in [2.24, 2.45) is 0 Å². The van der Waals surface area contributed by atoms with Gasteiger partial charge in [0.15, 0.2) is 5.82 Å². The summed E-state index contributed by atoms with van der Waals surface area (Å²) in [5, 5.41) is 4.13. The summed E-state index contributed by atoms with van der Waals surface area (Å²) in [6, 6.07) is 10.4. The van der Waals surface area contributed by atoms with Crippen LogP contribution in [0.25, 0.3) is 5.82 Å². The van der Waals surface area contributed by atoms with Crippen molar-refractivity contribution < 1.29 is 19.1 Å². The second-order valence-electron chi connectivity index (χ2n) is 7.04. The molecule has 1 aliphatic heterocycles. The van der Waals surface area contributed by atoms with E-state index in [1.807, 2.05) is 6.07 Å². The van der Waals surface area contributed by atoms with Gasteiger partial charge in [-0.15, -0.1) is 0 Å². The zero-order valence-corrected chi connectivity index (χ0v) is 17.4. The number of hydrogen-bond donors (Lipinski definition) is 0. The Hall–Kier alpha value is -3.88. The van der Waals surface area contributed by atoms with Crippen LogP contribution in [0.4, 0.5) is 0 Å². The molecule has 160 valence electrons. The highest BCUT2D eigenvalue weighted by atomic mass is 16.5. The average molecular weight is 421 g/mol. The van der Waals surface area contributed by atoms with Crippen molar-refractivity contribution in [1.29, 1.82) is 0 Å². The summed E-state index contributed by atoms with van der Waals surface area (Å²) in [6.45, 7) is 1.80. The maximum atomic E-state index is 12.9. The van der Waals surface area contributed by atoms with Gasteiger partial charge < -0.3 is 19.3 Å².